The summed E-state index contributed by atoms with van der Waals surface area (Å²) in [6.07, 6.45) is 3.64. The lowest BCUT2D eigenvalue weighted by Gasteiger charge is -2.17. The van der Waals surface area contributed by atoms with Crippen molar-refractivity contribution in [2.75, 3.05) is 12.4 Å². The van der Waals surface area contributed by atoms with Gasteiger partial charge in [-0.1, -0.05) is 24.3 Å². The van der Waals surface area contributed by atoms with Crippen molar-refractivity contribution in [2.45, 2.75) is 6.54 Å². The van der Waals surface area contributed by atoms with Gasteiger partial charge >= 0.3 is 6.03 Å². The standard InChI is InChI=1S/C19H20N4O2/c1-22(13-15-12-20-23(2)14-15)19(24)21-16-7-6-10-18(11-16)25-17-8-4-3-5-9-17/h3-12,14H,13H2,1-2H3,(H,21,24). The van der Waals surface area contributed by atoms with Crippen LogP contribution in [-0.2, 0) is 13.6 Å². The highest BCUT2D eigenvalue weighted by atomic mass is 16.5. The predicted octanol–water partition coefficient (Wildman–Crippen LogP) is 3.88. The van der Waals surface area contributed by atoms with Gasteiger partial charge in [-0.2, -0.15) is 5.10 Å². The lowest BCUT2D eigenvalue weighted by atomic mass is 10.3. The molecule has 0 aliphatic heterocycles. The molecule has 0 bridgehead atoms. The van der Waals surface area contributed by atoms with Crippen molar-refractivity contribution in [1.82, 2.24) is 14.7 Å². The molecule has 1 aromatic heterocycles. The van der Waals surface area contributed by atoms with E-state index in [-0.39, 0.29) is 6.03 Å². The highest BCUT2D eigenvalue weighted by molar-refractivity contribution is 5.89. The van der Waals surface area contributed by atoms with E-state index >= 15 is 0 Å². The first kappa shape index (κ1) is 16.6. The van der Waals surface area contributed by atoms with Crippen LogP contribution in [0, 0.1) is 0 Å². The third-order valence-electron chi connectivity index (χ3n) is 3.59. The van der Waals surface area contributed by atoms with Crippen LogP contribution in [-0.4, -0.2) is 27.8 Å². The molecule has 1 heterocycles. The lowest BCUT2D eigenvalue weighted by Crippen LogP contribution is -2.30. The van der Waals surface area contributed by atoms with Crippen LogP contribution in [0.1, 0.15) is 5.56 Å². The quantitative estimate of drug-likeness (QED) is 0.769. The van der Waals surface area contributed by atoms with E-state index in [4.69, 9.17) is 4.74 Å². The number of ether oxygens (including phenoxy) is 1. The van der Waals surface area contributed by atoms with Crippen LogP contribution in [0.15, 0.2) is 67.0 Å². The molecule has 128 valence electrons. The predicted molar refractivity (Wildman–Crippen MR) is 96.7 cm³/mol. The molecule has 0 radical (unpaired) electrons. The summed E-state index contributed by atoms with van der Waals surface area (Å²) in [5, 5.41) is 6.98. The minimum atomic E-state index is -0.194. The molecule has 6 heteroatoms. The number of carbonyl (C=O) groups excluding carboxylic acids is 1. The molecule has 2 aromatic carbocycles. The lowest BCUT2D eigenvalue weighted by molar-refractivity contribution is 0.220. The van der Waals surface area contributed by atoms with Gasteiger partial charge in [-0.05, 0) is 24.3 Å². The first-order valence-corrected chi connectivity index (χ1v) is 7.93. The van der Waals surface area contributed by atoms with Crippen LogP contribution < -0.4 is 10.1 Å². The largest absolute Gasteiger partial charge is 0.457 e. The Labute approximate surface area is 146 Å². The SMILES string of the molecule is CN(Cc1cnn(C)c1)C(=O)Nc1cccc(Oc2ccccc2)c1. The Hall–Kier alpha value is -3.28. The van der Waals surface area contributed by atoms with E-state index in [1.54, 1.807) is 28.9 Å². The van der Waals surface area contributed by atoms with Gasteiger partial charge in [0.2, 0.25) is 0 Å². The van der Waals surface area contributed by atoms with Gasteiger partial charge in [0, 0.05) is 37.6 Å². The molecule has 0 fully saturated rings. The second-order valence-corrected chi connectivity index (χ2v) is 5.75. The summed E-state index contributed by atoms with van der Waals surface area (Å²) in [6.45, 7) is 0.486. The molecule has 0 saturated carbocycles. The number of para-hydroxylation sites is 1. The van der Waals surface area contributed by atoms with Gasteiger partial charge in [0.05, 0.1) is 12.7 Å². The van der Waals surface area contributed by atoms with E-state index in [1.807, 2.05) is 61.8 Å². The highest BCUT2D eigenvalue weighted by Gasteiger charge is 2.11. The Morgan fingerprint density at radius 3 is 2.64 bits per heavy atom. The summed E-state index contributed by atoms with van der Waals surface area (Å²) in [7, 11) is 3.59. The maximum absolute atomic E-state index is 12.3. The zero-order valence-corrected chi connectivity index (χ0v) is 14.2. The van der Waals surface area contributed by atoms with Crippen molar-refractivity contribution in [2.24, 2.45) is 7.05 Å². The van der Waals surface area contributed by atoms with Crippen molar-refractivity contribution >= 4 is 11.7 Å². The van der Waals surface area contributed by atoms with E-state index in [0.717, 1.165) is 11.3 Å². The Kier molecular flexibility index (Phi) is 4.99. The molecule has 0 aliphatic rings. The molecule has 0 atom stereocenters. The number of hydrogen-bond acceptors (Lipinski definition) is 3. The zero-order chi connectivity index (χ0) is 17.6. The van der Waals surface area contributed by atoms with E-state index < -0.39 is 0 Å². The number of urea groups is 1. The number of aromatic nitrogens is 2. The first-order chi connectivity index (χ1) is 12.1. The molecule has 2 amide bonds. The Balaban J connectivity index is 1.62. The molecule has 3 rings (SSSR count). The van der Waals surface area contributed by atoms with Crippen LogP contribution in [0.4, 0.5) is 10.5 Å². The number of nitrogens with zero attached hydrogens (tertiary/aromatic N) is 3. The Morgan fingerprint density at radius 2 is 1.92 bits per heavy atom. The second-order valence-electron chi connectivity index (χ2n) is 5.75. The molecule has 25 heavy (non-hydrogen) atoms. The first-order valence-electron chi connectivity index (χ1n) is 7.93. The molecule has 1 N–H and O–H groups in total. The van der Waals surface area contributed by atoms with Crippen molar-refractivity contribution in [3.8, 4) is 11.5 Å². The van der Waals surface area contributed by atoms with Gasteiger partial charge in [0.15, 0.2) is 0 Å². The molecular formula is C19H20N4O2. The average Bonchev–Trinajstić information content (AvgIpc) is 3.01. The fourth-order valence-corrected chi connectivity index (χ4v) is 2.38. The molecular weight excluding hydrogens is 316 g/mol. The molecule has 6 nitrogen and oxygen atoms in total. The summed E-state index contributed by atoms with van der Waals surface area (Å²) < 4.78 is 7.50. The van der Waals surface area contributed by atoms with Gasteiger partial charge in [-0.15, -0.1) is 0 Å². The molecule has 0 saturated heterocycles. The third-order valence-corrected chi connectivity index (χ3v) is 3.59. The summed E-state index contributed by atoms with van der Waals surface area (Å²) in [5.41, 5.74) is 1.65. The fraction of sp³-hybridized carbons (Fsp3) is 0.158. The van der Waals surface area contributed by atoms with Crippen LogP contribution in [0.3, 0.4) is 0 Å². The number of carbonyl (C=O) groups is 1. The van der Waals surface area contributed by atoms with Gasteiger partial charge in [-0.25, -0.2) is 4.79 Å². The average molecular weight is 336 g/mol. The number of aryl methyl sites for hydroxylation is 1. The Bertz CT molecular complexity index is 845. The van der Waals surface area contributed by atoms with Crippen LogP contribution in [0.5, 0.6) is 11.5 Å². The van der Waals surface area contributed by atoms with Crippen molar-refractivity contribution in [3.05, 3.63) is 72.6 Å². The number of hydrogen-bond donors (Lipinski definition) is 1. The normalized spacial score (nSPS) is 10.3. The maximum Gasteiger partial charge on any atom is 0.321 e. The molecule has 0 spiro atoms. The highest BCUT2D eigenvalue weighted by Crippen LogP contribution is 2.24. The minimum Gasteiger partial charge on any atom is -0.457 e. The van der Waals surface area contributed by atoms with Crippen molar-refractivity contribution < 1.29 is 9.53 Å². The summed E-state index contributed by atoms with van der Waals surface area (Å²) >= 11 is 0. The molecule has 0 aliphatic carbocycles. The smallest absolute Gasteiger partial charge is 0.321 e. The van der Waals surface area contributed by atoms with E-state index in [9.17, 15) is 4.79 Å². The monoisotopic (exact) mass is 336 g/mol. The van der Waals surface area contributed by atoms with Crippen molar-refractivity contribution in [1.29, 1.82) is 0 Å². The molecule has 3 aromatic rings. The minimum absolute atomic E-state index is 0.194. The van der Waals surface area contributed by atoms with Gasteiger partial charge in [-0.3, -0.25) is 4.68 Å². The fourth-order valence-electron chi connectivity index (χ4n) is 2.38. The Morgan fingerprint density at radius 1 is 1.16 bits per heavy atom. The van der Waals surface area contributed by atoms with Crippen LogP contribution >= 0.6 is 0 Å². The second kappa shape index (κ2) is 7.53. The molecule has 0 unspecified atom stereocenters. The summed E-state index contributed by atoms with van der Waals surface area (Å²) in [6, 6.07) is 16.6. The number of nitrogens with one attached hydrogen (secondary N) is 1. The number of amides is 2. The van der Waals surface area contributed by atoms with Gasteiger partial charge < -0.3 is 15.0 Å². The van der Waals surface area contributed by atoms with E-state index in [0.29, 0.717) is 18.0 Å². The topological polar surface area (TPSA) is 59.4 Å². The summed E-state index contributed by atoms with van der Waals surface area (Å²) in [5.74, 6) is 1.42. The van der Waals surface area contributed by atoms with Crippen LogP contribution in [0.2, 0.25) is 0 Å². The van der Waals surface area contributed by atoms with E-state index in [2.05, 4.69) is 10.4 Å². The third kappa shape index (κ3) is 4.60. The van der Waals surface area contributed by atoms with Crippen LogP contribution in [0.25, 0.3) is 0 Å². The number of rotatable bonds is 5. The number of anilines is 1. The number of benzene rings is 2. The summed E-state index contributed by atoms with van der Waals surface area (Å²) in [4.78, 5) is 13.9. The van der Waals surface area contributed by atoms with Gasteiger partial charge in [0.1, 0.15) is 11.5 Å². The van der Waals surface area contributed by atoms with E-state index in [1.165, 1.54) is 0 Å². The zero-order valence-electron chi connectivity index (χ0n) is 14.2. The maximum atomic E-state index is 12.3. The van der Waals surface area contributed by atoms with Gasteiger partial charge in [0.25, 0.3) is 0 Å². The van der Waals surface area contributed by atoms with Crippen molar-refractivity contribution in [3.63, 3.8) is 0 Å².